The Morgan fingerprint density at radius 1 is 1.44 bits per heavy atom. The standard InChI is InChI=1S/C14H17NO2S/c1-2-3-6-18-9-13(16)10-4-5-12-11(7-10)8-14(17)15-12/h4-5,7H,2-3,6,8-9H2,1H3,(H,15,17)/p+1. The summed E-state index contributed by atoms with van der Waals surface area (Å²) in [5, 5.41) is 1.65. The van der Waals surface area contributed by atoms with Crippen molar-refractivity contribution in [3.8, 4) is 0 Å². The summed E-state index contributed by atoms with van der Waals surface area (Å²) in [5.74, 6) is 1.88. The van der Waals surface area contributed by atoms with Crippen LogP contribution in [0.15, 0.2) is 18.2 Å². The first-order valence-electron chi connectivity index (χ1n) is 6.32. The maximum atomic E-state index is 12.0. The van der Waals surface area contributed by atoms with Gasteiger partial charge in [0.25, 0.3) is 0 Å². The van der Waals surface area contributed by atoms with Crippen molar-refractivity contribution in [3.05, 3.63) is 29.3 Å². The van der Waals surface area contributed by atoms with Crippen molar-refractivity contribution in [3.63, 3.8) is 0 Å². The van der Waals surface area contributed by atoms with E-state index in [0.717, 1.165) is 35.4 Å². The predicted octanol–water partition coefficient (Wildman–Crippen LogP) is 1.68. The lowest BCUT2D eigenvalue weighted by Crippen LogP contribution is -2.79. The molecule has 2 N–H and O–H groups in total. The van der Waals surface area contributed by atoms with Gasteiger partial charge in [-0.05, 0) is 24.3 Å². The first-order valence-corrected chi connectivity index (χ1v) is 7.47. The van der Waals surface area contributed by atoms with Gasteiger partial charge in [0.05, 0.1) is 12.2 Å². The van der Waals surface area contributed by atoms with E-state index in [-0.39, 0.29) is 11.7 Å². The summed E-state index contributed by atoms with van der Waals surface area (Å²) in [6.07, 6.45) is 2.77. The number of unbranched alkanes of at least 4 members (excludes halogenated alkanes) is 1. The van der Waals surface area contributed by atoms with Crippen LogP contribution in [-0.4, -0.2) is 23.2 Å². The van der Waals surface area contributed by atoms with E-state index in [9.17, 15) is 9.59 Å². The summed E-state index contributed by atoms with van der Waals surface area (Å²) in [7, 11) is 0. The largest absolute Gasteiger partial charge is 0.320 e. The minimum atomic E-state index is 0.131. The summed E-state index contributed by atoms with van der Waals surface area (Å²) in [4.78, 5) is 23.3. The van der Waals surface area contributed by atoms with E-state index in [4.69, 9.17) is 0 Å². The third-order valence-electron chi connectivity index (χ3n) is 3.02. The monoisotopic (exact) mass is 264 g/mol. The highest BCUT2D eigenvalue weighted by Gasteiger charge is 2.24. The average Bonchev–Trinajstić information content (AvgIpc) is 2.73. The molecule has 1 aliphatic heterocycles. The molecule has 0 spiro atoms. The molecule has 1 amide bonds. The third kappa shape index (κ3) is 3.21. The van der Waals surface area contributed by atoms with E-state index in [1.54, 1.807) is 17.1 Å². The van der Waals surface area contributed by atoms with Crippen LogP contribution in [0.5, 0.6) is 0 Å². The molecule has 0 aliphatic carbocycles. The van der Waals surface area contributed by atoms with Crippen molar-refractivity contribution < 1.29 is 14.9 Å². The lowest BCUT2D eigenvalue weighted by Gasteiger charge is -2.02. The molecule has 4 heteroatoms. The molecule has 0 atom stereocenters. The van der Waals surface area contributed by atoms with Crippen molar-refractivity contribution in [1.82, 2.24) is 0 Å². The van der Waals surface area contributed by atoms with E-state index in [2.05, 4.69) is 6.92 Å². The number of rotatable bonds is 6. The van der Waals surface area contributed by atoms with E-state index < -0.39 is 0 Å². The van der Waals surface area contributed by atoms with Gasteiger partial charge >= 0.3 is 5.91 Å². The first-order chi connectivity index (χ1) is 8.70. The topological polar surface area (TPSA) is 50.8 Å². The highest BCUT2D eigenvalue weighted by atomic mass is 32.2. The lowest BCUT2D eigenvalue weighted by molar-refractivity contribution is -0.476. The van der Waals surface area contributed by atoms with Gasteiger partial charge in [0, 0.05) is 17.2 Å². The normalized spacial score (nSPS) is 13.7. The zero-order chi connectivity index (χ0) is 13.0. The molecule has 2 rings (SSSR count). The van der Waals surface area contributed by atoms with Crippen molar-refractivity contribution >= 4 is 29.1 Å². The molecule has 96 valence electrons. The Hall–Kier alpha value is -1.13. The number of carbonyl (C=O) groups is 2. The van der Waals surface area contributed by atoms with Gasteiger partial charge in [0.2, 0.25) is 0 Å². The van der Waals surface area contributed by atoms with Gasteiger partial charge in [-0.3, -0.25) is 10.1 Å². The van der Waals surface area contributed by atoms with E-state index >= 15 is 0 Å². The Kier molecular flexibility index (Phi) is 4.55. The molecule has 0 saturated heterocycles. The third-order valence-corrected chi connectivity index (χ3v) is 4.07. The maximum absolute atomic E-state index is 12.0. The number of amides is 1. The number of quaternary nitrogens is 1. The van der Waals surface area contributed by atoms with Gasteiger partial charge in [-0.15, -0.1) is 0 Å². The Labute approximate surface area is 111 Å². The minimum absolute atomic E-state index is 0.131. The van der Waals surface area contributed by atoms with Crippen LogP contribution in [0.25, 0.3) is 0 Å². The second-order valence-electron chi connectivity index (χ2n) is 4.53. The van der Waals surface area contributed by atoms with Crippen LogP contribution in [0.4, 0.5) is 5.69 Å². The van der Waals surface area contributed by atoms with Gasteiger partial charge in [-0.1, -0.05) is 13.3 Å². The number of nitrogens with two attached hydrogens (primary N) is 1. The molecule has 3 nitrogen and oxygen atoms in total. The molecule has 1 aromatic carbocycles. The van der Waals surface area contributed by atoms with Crippen molar-refractivity contribution in [2.45, 2.75) is 26.2 Å². The van der Waals surface area contributed by atoms with Gasteiger partial charge < -0.3 is 0 Å². The van der Waals surface area contributed by atoms with Crippen molar-refractivity contribution in [2.24, 2.45) is 0 Å². The van der Waals surface area contributed by atoms with Crippen LogP contribution in [0, 0.1) is 0 Å². The molecule has 0 radical (unpaired) electrons. The molecule has 1 aromatic rings. The number of hydrogen-bond donors (Lipinski definition) is 1. The van der Waals surface area contributed by atoms with Gasteiger partial charge in [0.1, 0.15) is 5.69 Å². The van der Waals surface area contributed by atoms with E-state index in [0.29, 0.717) is 12.2 Å². The average molecular weight is 264 g/mol. The highest BCUT2D eigenvalue weighted by Crippen LogP contribution is 2.18. The fraction of sp³-hybridized carbons (Fsp3) is 0.429. The number of carbonyl (C=O) groups excluding carboxylic acids is 2. The molecule has 1 heterocycles. The number of thioether (sulfide) groups is 1. The number of ketones is 1. The van der Waals surface area contributed by atoms with Gasteiger partial charge in [-0.2, -0.15) is 11.8 Å². The molecular weight excluding hydrogens is 246 g/mol. The fourth-order valence-corrected chi connectivity index (χ4v) is 2.97. The van der Waals surface area contributed by atoms with Gasteiger partial charge in [-0.25, -0.2) is 4.79 Å². The molecule has 0 bridgehead atoms. The zero-order valence-corrected chi connectivity index (χ0v) is 11.4. The summed E-state index contributed by atoms with van der Waals surface area (Å²) >= 11 is 1.69. The van der Waals surface area contributed by atoms with Crippen LogP contribution in [0.1, 0.15) is 35.7 Å². The molecular formula is C14H18NO2S+. The number of benzene rings is 1. The predicted molar refractivity (Wildman–Crippen MR) is 73.3 cm³/mol. The van der Waals surface area contributed by atoms with E-state index in [1.807, 2.05) is 18.2 Å². The molecule has 0 fully saturated rings. The molecule has 1 aliphatic rings. The molecule has 0 saturated carbocycles. The van der Waals surface area contributed by atoms with Crippen LogP contribution in [-0.2, 0) is 11.2 Å². The number of fused-ring (bicyclic) bond motifs is 1. The van der Waals surface area contributed by atoms with Crippen LogP contribution >= 0.6 is 11.8 Å². The van der Waals surface area contributed by atoms with Crippen molar-refractivity contribution in [1.29, 1.82) is 0 Å². The SMILES string of the molecule is CCCCSCC(=O)c1ccc2c(c1)CC(=O)[NH2+]2. The molecule has 18 heavy (non-hydrogen) atoms. The Balaban J connectivity index is 1.95. The molecule has 0 aromatic heterocycles. The summed E-state index contributed by atoms with van der Waals surface area (Å²) in [6.45, 7) is 2.15. The smallest absolute Gasteiger partial charge is 0.293 e. The second kappa shape index (κ2) is 6.16. The number of primary amides is 1. The Morgan fingerprint density at radius 3 is 3.06 bits per heavy atom. The first kappa shape index (κ1) is 13.3. The summed E-state index contributed by atoms with van der Waals surface area (Å²) < 4.78 is 0. The van der Waals surface area contributed by atoms with Crippen LogP contribution in [0.3, 0.4) is 0 Å². The van der Waals surface area contributed by atoms with Crippen molar-refractivity contribution in [2.75, 3.05) is 11.5 Å². The summed E-state index contributed by atoms with van der Waals surface area (Å²) in [5.41, 5.74) is 2.69. The zero-order valence-electron chi connectivity index (χ0n) is 10.6. The minimum Gasteiger partial charge on any atom is -0.293 e. The number of hydrogen-bond acceptors (Lipinski definition) is 3. The van der Waals surface area contributed by atoms with Crippen LogP contribution in [0.2, 0.25) is 0 Å². The van der Waals surface area contributed by atoms with Crippen LogP contribution < -0.4 is 5.32 Å². The lowest BCUT2D eigenvalue weighted by atomic mass is 10.1. The Bertz CT molecular complexity index is 471. The fourth-order valence-electron chi connectivity index (χ4n) is 1.98. The molecule has 0 unspecified atom stereocenters. The van der Waals surface area contributed by atoms with E-state index in [1.165, 1.54) is 0 Å². The van der Waals surface area contributed by atoms with Gasteiger partial charge in [0.15, 0.2) is 5.78 Å². The second-order valence-corrected chi connectivity index (χ2v) is 5.64. The highest BCUT2D eigenvalue weighted by molar-refractivity contribution is 7.99. The Morgan fingerprint density at radius 2 is 2.28 bits per heavy atom. The summed E-state index contributed by atoms with van der Waals surface area (Å²) in [6, 6.07) is 5.58. The quantitative estimate of drug-likeness (QED) is 0.483. The maximum Gasteiger partial charge on any atom is 0.320 e. The number of Topliss-reactive ketones (excluding diaryl/α,β-unsaturated/α-hetero) is 1.